The maximum absolute atomic E-state index is 13.0. The second kappa shape index (κ2) is 8.84. The van der Waals surface area contributed by atoms with Crippen molar-refractivity contribution >= 4 is 17.6 Å². The van der Waals surface area contributed by atoms with E-state index in [1.165, 1.54) is 12.0 Å². The minimum absolute atomic E-state index is 0.0835. The van der Waals surface area contributed by atoms with E-state index in [9.17, 15) is 9.59 Å². The van der Waals surface area contributed by atoms with Crippen molar-refractivity contribution in [1.29, 1.82) is 0 Å². The summed E-state index contributed by atoms with van der Waals surface area (Å²) in [7, 11) is 0. The average molecular weight is 369 g/mol. The van der Waals surface area contributed by atoms with Crippen molar-refractivity contribution in [3.05, 3.63) is 47.2 Å². The number of hydrogen-bond acceptors (Lipinski definition) is 4. The summed E-state index contributed by atoms with van der Waals surface area (Å²) in [5.74, 6) is 0.677. The van der Waals surface area contributed by atoms with Crippen LogP contribution in [0.25, 0.3) is 0 Å². The molecule has 2 N–H and O–H groups in total. The Labute approximate surface area is 159 Å². The molecule has 1 atom stereocenters. The van der Waals surface area contributed by atoms with E-state index in [-0.39, 0.29) is 24.3 Å². The van der Waals surface area contributed by atoms with Gasteiger partial charge in [-0.05, 0) is 38.2 Å². The summed E-state index contributed by atoms with van der Waals surface area (Å²) in [6.07, 6.45) is 5.66. The molecule has 1 aromatic carbocycles. The van der Waals surface area contributed by atoms with Gasteiger partial charge in [0.05, 0.1) is 12.5 Å². The lowest BCUT2D eigenvalue weighted by atomic mass is 9.76. The molecule has 0 saturated heterocycles. The number of rotatable bonds is 6. The normalized spacial score (nSPS) is 15.9. The Kier molecular flexibility index (Phi) is 6.27. The molecule has 1 aromatic heterocycles. The molecule has 6 heteroatoms. The van der Waals surface area contributed by atoms with E-state index in [0.29, 0.717) is 17.5 Å². The Balaban J connectivity index is 1.65. The molecule has 0 aliphatic heterocycles. The van der Waals surface area contributed by atoms with Gasteiger partial charge in [0.15, 0.2) is 5.82 Å². The number of anilines is 1. The zero-order valence-electron chi connectivity index (χ0n) is 16.0. The molecule has 0 radical (unpaired) electrons. The largest absolute Gasteiger partial charge is 0.360 e. The molecule has 1 saturated carbocycles. The molecular weight excluding hydrogens is 342 g/mol. The van der Waals surface area contributed by atoms with Gasteiger partial charge in [-0.15, -0.1) is 0 Å². The fourth-order valence-electron chi connectivity index (χ4n) is 3.77. The number of aromatic nitrogens is 1. The van der Waals surface area contributed by atoms with Crippen molar-refractivity contribution in [2.75, 3.05) is 11.9 Å². The summed E-state index contributed by atoms with van der Waals surface area (Å²) in [4.78, 5) is 25.1. The maximum Gasteiger partial charge on any atom is 0.245 e. The third kappa shape index (κ3) is 5.18. The average Bonchev–Trinajstić information content (AvgIpc) is 3.07. The molecule has 3 rings (SSSR count). The van der Waals surface area contributed by atoms with Gasteiger partial charge < -0.3 is 15.2 Å². The quantitative estimate of drug-likeness (QED) is 0.813. The first-order valence-electron chi connectivity index (χ1n) is 9.60. The molecule has 1 heterocycles. The summed E-state index contributed by atoms with van der Waals surface area (Å²) in [6, 6.07) is 9.78. The monoisotopic (exact) mass is 369 g/mol. The Morgan fingerprint density at radius 2 is 1.85 bits per heavy atom. The van der Waals surface area contributed by atoms with Gasteiger partial charge in [0.2, 0.25) is 11.8 Å². The number of carbonyl (C=O) groups is 2. The Bertz CT molecular complexity index is 776. The molecule has 1 aliphatic carbocycles. The SMILES string of the molecule is Cc1ccc(C(C(=O)NCC(=O)Nc2cc(C)on2)C2CCCCC2)cc1. The van der Waals surface area contributed by atoms with Gasteiger partial charge in [-0.2, -0.15) is 0 Å². The van der Waals surface area contributed by atoms with Crippen LogP contribution in [0.15, 0.2) is 34.9 Å². The number of benzene rings is 1. The second-order valence-electron chi connectivity index (χ2n) is 7.38. The minimum Gasteiger partial charge on any atom is -0.360 e. The smallest absolute Gasteiger partial charge is 0.245 e. The molecule has 1 fully saturated rings. The third-order valence-corrected chi connectivity index (χ3v) is 5.16. The first-order chi connectivity index (χ1) is 13.0. The third-order valence-electron chi connectivity index (χ3n) is 5.16. The molecule has 0 bridgehead atoms. The lowest BCUT2D eigenvalue weighted by molar-refractivity contribution is -0.126. The van der Waals surface area contributed by atoms with E-state index in [1.54, 1.807) is 13.0 Å². The minimum atomic E-state index is -0.317. The molecule has 27 heavy (non-hydrogen) atoms. The summed E-state index contributed by atoms with van der Waals surface area (Å²) in [5, 5.41) is 9.16. The number of nitrogens with zero attached hydrogens (tertiary/aromatic N) is 1. The number of hydrogen-bond donors (Lipinski definition) is 2. The van der Waals surface area contributed by atoms with Crippen molar-refractivity contribution in [3.63, 3.8) is 0 Å². The Hall–Kier alpha value is -2.63. The summed E-state index contributed by atoms with van der Waals surface area (Å²) in [6.45, 7) is 3.70. The summed E-state index contributed by atoms with van der Waals surface area (Å²) < 4.78 is 4.92. The van der Waals surface area contributed by atoms with Gasteiger partial charge in [0, 0.05) is 6.07 Å². The van der Waals surface area contributed by atoms with Gasteiger partial charge >= 0.3 is 0 Å². The highest BCUT2D eigenvalue weighted by atomic mass is 16.5. The van der Waals surface area contributed by atoms with Crippen molar-refractivity contribution in [2.45, 2.75) is 51.9 Å². The van der Waals surface area contributed by atoms with E-state index in [4.69, 9.17) is 4.52 Å². The van der Waals surface area contributed by atoms with Crippen molar-refractivity contribution in [1.82, 2.24) is 10.5 Å². The summed E-state index contributed by atoms with van der Waals surface area (Å²) >= 11 is 0. The van der Waals surface area contributed by atoms with Crippen LogP contribution in [0.1, 0.15) is 54.9 Å². The Morgan fingerprint density at radius 1 is 1.15 bits per heavy atom. The molecular formula is C21H27N3O3. The number of carbonyl (C=O) groups excluding carboxylic acids is 2. The van der Waals surface area contributed by atoms with Gasteiger partial charge in [0.25, 0.3) is 0 Å². The number of aryl methyl sites for hydroxylation is 2. The van der Waals surface area contributed by atoms with Crippen LogP contribution in [0.4, 0.5) is 5.82 Å². The van der Waals surface area contributed by atoms with Crippen molar-refractivity contribution < 1.29 is 14.1 Å². The van der Waals surface area contributed by atoms with Crippen LogP contribution in [0.3, 0.4) is 0 Å². The van der Waals surface area contributed by atoms with Crippen molar-refractivity contribution in [2.24, 2.45) is 5.92 Å². The maximum atomic E-state index is 13.0. The standard InChI is InChI=1S/C21H27N3O3/c1-14-8-10-17(11-9-14)20(16-6-4-3-5-7-16)21(26)22-13-19(25)23-18-12-15(2)27-24-18/h8-12,16,20H,3-7,13H2,1-2H3,(H,22,26)(H,23,24,25). The fraction of sp³-hybridized carbons (Fsp3) is 0.476. The fourth-order valence-corrected chi connectivity index (χ4v) is 3.77. The lowest BCUT2D eigenvalue weighted by Crippen LogP contribution is -2.38. The van der Waals surface area contributed by atoms with E-state index in [0.717, 1.165) is 31.2 Å². The molecule has 0 spiro atoms. The van der Waals surface area contributed by atoms with Crippen LogP contribution >= 0.6 is 0 Å². The van der Waals surface area contributed by atoms with Crippen molar-refractivity contribution in [3.8, 4) is 0 Å². The van der Waals surface area contributed by atoms with Crippen LogP contribution < -0.4 is 10.6 Å². The zero-order chi connectivity index (χ0) is 19.2. The van der Waals surface area contributed by atoms with E-state index >= 15 is 0 Å². The molecule has 6 nitrogen and oxygen atoms in total. The van der Waals surface area contributed by atoms with Gasteiger partial charge in [-0.1, -0.05) is 54.2 Å². The van der Waals surface area contributed by atoms with Crippen LogP contribution in [0.2, 0.25) is 0 Å². The number of amides is 2. The molecule has 2 amide bonds. The van der Waals surface area contributed by atoms with Crippen LogP contribution in [-0.4, -0.2) is 23.5 Å². The van der Waals surface area contributed by atoms with Crippen LogP contribution in [0, 0.1) is 19.8 Å². The highest BCUT2D eigenvalue weighted by molar-refractivity contribution is 5.95. The van der Waals surface area contributed by atoms with Gasteiger partial charge in [0.1, 0.15) is 5.76 Å². The van der Waals surface area contributed by atoms with E-state index < -0.39 is 0 Å². The first-order valence-corrected chi connectivity index (χ1v) is 9.60. The highest BCUT2D eigenvalue weighted by Crippen LogP contribution is 2.36. The van der Waals surface area contributed by atoms with Gasteiger partial charge in [-0.25, -0.2) is 0 Å². The topological polar surface area (TPSA) is 84.2 Å². The molecule has 144 valence electrons. The summed E-state index contributed by atoms with van der Waals surface area (Å²) in [5.41, 5.74) is 2.20. The molecule has 1 aliphatic rings. The van der Waals surface area contributed by atoms with Crippen LogP contribution in [0.5, 0.6) is 0 Å². The lowest BCUT2D eigenvalue weighted by Gasteiger charge is -2.29. The van der Waals surface area contributed by atoms with Crippen LogP contribution in [-0.2, 0) is 9.59 Å². The van der Waals surface area contributed by atoms with E-state index in [2.05, 4.69) is 15.8 Å². The predicted molar refractivity (Wildman–Crippen MR) is 103 cm³/mol. The first kappa shape index (κ1) is 19.1. The highest BCUT2D eigenvalue weighted by Gasteiger charge is 2.31. The van der Waals surface area contributed by atoms with Gasteiger partial charge in [-0.3, -0.25) is 9.59 Å². The van der Waals surface area contributed by atoms with E-state index in [1.807, 2.05) is 31.2 Å². The zero-order valence-corrected chi connectivity index (χ0v) is 16.0. The second-order valence-corrected chi connectivity index (χ2v) is 7.38. The Morgan fingerprint density at radius 3 is 2.48 bits per heavy atom. The molecule has 2 aromatic rings. The predicted octanol–water partition coefficient (Wildman–Crippen LogP) is 3.71. The number of nitrogens with one attached hydrogen (secondary N) is 2. The molecule has 1 unspecified atom stereocenters.